The second-order valence-electron chi connectivity index (χ2n) is 6.84. The summed E-state index contributed by atoms with van der Waals surface area (Å²) in [5.41, 5.74) is 4.61. The van der Waals surface area contributed by atoms with E-state index in [-0.39, 0.29) is 5.56 Å². The molecule has 0 unspecified atom stereocenters. The summed E-state index contributed by atoms with van der Waals surface area (Å²) in [5.74, 6) is 1.33. The van der Waals surface area contributed by atoms with Crippen LogP contribution < -0.4 is 25.7 Å². The molecule has 29 heavy (non-hydrogen) atoms. The molecule has 3 rings (SSSR count). The lowest BCUT2D eigenvalue weighted by Gasteiger charge is -2.14. The van der Waals surface area contributed by atoms with E-state index in [0.29, 0.717) is 29.6 Å². The average Bonchev–Trinajstić information content (AvgIpc) is 2.70. The van der Waals surface area contributed by atoms with Crippen LogP contribution in [-0.2, 0) is 6.42 Å². The lowest BCUT2D eigenvalue weighted by Crippen LogP contribution is -2.31. The van der Waals surface area contributed by atoms with E-state index in [2.05, 4.69) is 28.6 Å². The predicted octanol–water partition coefficient (Wildman–Crippen LogP) is 3.69. The van der Waals surface area contributed by atoms with Crippen molar-refractivity contribution >= 4 is 33.9 Å². The molecule has 3 aromatic rings. The van der Waals surface area contributed by atoms with E-state index in [4.69, 9.17) is 21.7 Å². The molecule has 1 aromatic heterocycles. The third-order valence-electron chi connectivity index (χ3n) is 4.87. The predicted molar refractivity (Wildman–Crippen MR) is 122 cm³/mol. The quantitative estimate of drug-likeness (QED) is 0.537. The molecule has 0 atom stereocenters. The number of fused-ring (bicyclic) bond motifs is 1. The summed E-state index contributed by atoms with van der Waals surface area (Å²) >= 11 is 5.37. The van der Waals surface area contributed by atoms with Crippen LogP contribution in [0.4, 0.5) is 5.69 Å². The van der Waals surface area contributed by atoms with Crippen molar-refractivity contribution < 1.29 is 9.47 Å². The highest BCUT2D eigenvalue weighted by molar-refractivity contribution is 7.80. The molecule has 0 aliphatic carbocycles. The van der Waals surface area contributed by atoms with Gasteiger partial charge in [0.15, 0.2) is 5.11 Å². The van der Waals surface area contributed by atoms with Crippen molar-refractivity contribution in [3.63, 3.8) is 0 Å². The normalized spacial score (nSPS) is 10.6. The fraction of sp³-hybridized carbons (Fsp3) is 0.273. The Hall–Kier alpha value is -3.06. The average molecular weight is 412 g/mol. The monoisotopic (exact) mass is 411 g/mol. The van der Waals surface area contributed by atoms with E-state index in [0.717, 1.165) is 27.7 Å². The first kappa shape index (κ1) is 20.7. The lowest BCUT2D eigenvalue weighted by atomic mass is 10.0. The maximum absolute atomic E-state index is 12.4. The number of methoxy groups -OCH3 is 2. The number of anilines is 1. The number of thiocarbonyl (C=S) groups is 1. The summed E-state index contributed by atoms with van der Waals surface area (Å²) in [6.07, 6.45) is 0.555. The Labute approximate surface area is 175 Å². The Morgan fingerprint density at radius 3 is 2.55 bits per heavy atom. The van der Waals surface area contributed by atoms with Gasteiger partial charge in [0, 0.05) is 23.7 Å². The molecule has 0 saturated carbocycles. The topological polar surface area (TPSA) is 75.4 Å². The molecule has 152 valence electrons. The van der Waals surface area contributed by atoms with Crippen molar-refractivity contribution in [2.24, 2.45) is 0 Å². The Bertz CT molecular complexity index is 1110. The molecule has 0 spiro atoms. The number of nitrogens with one attached hydrogen (secondary N) is 3. The van der Waals surface area contributed by atoms with Gasteiger partial charge in [-0.25, -0.2) is 0 Å². The highest BCUT2D eigenvalue weighted by Crippen LogP contribution is 2.28. The van der Waals surface area contributed by atoms with Gasteiger partial charge in [-0.1, -0.05) is 0 Å². The van der Waals surface area contributed by atoms with E-state index < -0.39 is 0 Å². The van der Waals surface area contributed by atoms with E-state index in [1.165, 1.54) is 5.56 Å². The van der Waals surface area contributed by atoms with Gasteiger partial charge in [0.2, 0.25) is 0 Å². The van der Waals surface area contributed by atoms with Crippen molar-refractivity contribution in [1.29, 1.82) is 0 Å². The third kappa shape index (κ3) is 4.86. The zero-order valence-corrected chi connectivity index (χ0v) is 17.8. The molecule has 0 aliphatic rings. The first-order valence-electron chi connectivity index (χ1n) is 9.31. The van der Waals surface area contributed by atoms with Crippen LogP contribution in [0.5, 0.6) is 11.5 Å². The molecule has 3 N–H and O–H groups in total. The van der Waals surface area contributed by atoms with Gasteiger partial charge in [-0.3, -0.25) is 4.79 Å². The van der Waals surface area contributed by atoms with Gasteiger partial charge in [-0.2, -0.15) is 0 Å². The van der Waals surface area contributed by atoms with Crippen LogP contribution in [0.15, 0.2) is 41.2 Å². The number of aromatic nitrogens is 1. The molecule has 6 nitrogen and oxygen atoms in total. The number of hydrogen-bond donors (Lipinski definition) is 3. The smallest absolute Gasteiger partial charge is 0.251 e. The highest BCUT2D eigenvalue weighted by atomic mass is 32.1. The number of benzene rings is 2. The summed E-state index contributed by atoms with van der Waals surface area (Å²) in [5, 5.41) is 7.74. The number of rotatable bonds is 6. The summed E-state index contributed by atoms with van der Waals surface area (Å²) in [4.78, 5) is 15.3. The highest BCUT2D eigenvalue weighted by Gasteiger charge is 2.08. The largest absolute Gasteiger partial charge is 0.497 e. The number of hydrogen-bond acceptors (Lipinski definition) is 4. The first-order valence-corrected chi connectivity index (χ1v) is 9.72. The SMILES string of the molecule is COc1ccc(NC(=S)NCCc2cc3cc(C)c(C)cc3[nH]c2=O)c(OC)c1. The van der Waals surface area contributed by atoms with E-state index in [1.807, 2.05) is 31.2 Å². The maximum atomic E-state index is 12.4. The number of ether oxygens (including phenoxy) is 2. The van der Waals surface area contributed by atoms with E-state index in [1.54, 1.807) is 20.3 Å². The number of aromatic amines is 1. The lowest BCUT2D eigenvalue weighted by molar-refractivity contribution is 0.395. The molecule has 0 amide bonds. The van der Waals surface area contributed by atoms with Crippen LogP contribution in [-0.4, -0.2) is 30.9 Å². The fourth-order valence-corrected chi connectivity index (χ4v) is 3.30. The Morgan fingerprint density at radius 2 is 1.83 bits per heavy atom. The minimum absolute atomic E-state index is 0.0711. The second kappa shape index (κ2) is 8.96. The Balaban J connectivity index is 1.64. The summed E-state index contributed by atoms with van der Waals surface area (Å²) in [6.45, 7) is 4.64. The van der Waals surface area contributed by atoms with Gasteiger partial charge in [0.05, 0.1) is 19.9 Å². The van der Waals surface area contributed by atoms with E-state index in [9.17, 15) is 4.79 Å². The van der Waals surface area contributed by atoms with Gasteiger partial charge in [0.1, 0.15) is 11.5 Å². The molecule has 0 saturated heterocycles. The van der Waals surface area contributed by atoms with Crippen molar-refractivity contribution in [1.82, 2.24) is 10.3 Å². The fourth-order valence-electron chi connectivity index (χ4n) is 3.09. The standard InChI is InChI=1S/C22H25N3O3S/c1-13-9-16-11-15(21(26)24-19(16)10-14(13)2)7-8-23-22(29)25-18-6-5-17(27-3)12-20(18)28-4/h5-6,9-12H,7-8H2,1-4H3,(H,24,26)(H2,23,25,29). The number of H-pyrrole nitrogens is 1. The Kier molecular flexibility index (Phi) is 6.39. The van der Waals surface area contributed by atoms with Crippen molar-refractivity contribution in [2.75, 3.05) is 26.1 Å². The van der Waals surface area contributed by atoms with Crippen LogP contribution in [0.1, 0.15) is 16.7 Å². The van der Waals surface area contributed by atoms with Crippen LogP contribution in [0.2, 0.25) is 0 Å². The molecule has 0 radical (unpaired) electrons. The summed E-state index contributed by atoms with van der Waals surface area (Å²) in [7, 11) is 3.19. The molecular formula is C22H25N3O3S. The molecule has 0 bridgehead atoms. The van der Waals surface area contributed by atoms with Crippen LogP contribution in [0.25, 0.3) is 10.9 Å². The molecule has 7 heteroatoms. The number of pyridine rings is 1. The summed E-state index contributed by atoms with van der Waals surface area (Å²) < 4.78 is 10.6. The van der Waals surface area contributed by atoms with Crippen LogP contribution >= 0.6 is 12.2 Å². The van der Waals surface area contributed by atoms with Gasteiger partial charge in [-0.15, -0.1) is 0 Å². The second-order valence-corrected chi connectivity index (χ2v) is 7.25. The van der Waals surface area contributed by atoms with Gasteiger partial charge in [0.25, 0.3) is 5.56 Å². The Morgan fingerprint density at radius 1 is 1.07 bits per heavy atom. The first-order chi connectivity index (χ1) is 13.9. The molecule has 0 aliphatic heterocycles. The maximum Gasteiger partial charge on any atom is 0.251 e. The zero-order chi connectivity index (χ0) is 21.0. The molecule has 0 fully saturated rings. The zero-order valence-electron chi connectivity index (χ0n) is 17.0. The molecular weight excluding hydrogens is 386 g/mol. The van der Waals surface area contributed by atoms with Crippen molar-refractivity contribution in [3.8, 4) is 11.5 Å². The van der Waals surface area contributed by atoms with E-state index >= 15 is 0 Å². The van der Waals surface area contributed by atoms with Gasteiger partial charge >= 0.3 is 0 Å². The summed E-state index contributed by atoms with van der Waals surface area (Å²) in [6, 6.07) is 11.5. The minimum atomic E-state index is -0.0711. The van der Waals surface area contributed by atoms with Gasteiger partial charge < -0.3 is 25.1 Å². The van der Waals surface area contributed by atoms with Crippen molar-refractivity contribution in [3.05, 3.63) is 63.4 Å². The van der Waals surface area contributed by atoms with Gasteiger partial charge in [-0.05, 0) is 79.3 Å². The van der Waals surface area contributed by atoms with Crippen LogP contribution in [0.3, 0.4) is 0 Å². The van der Waals surface area contributed by atoms with Crippen molar-refractivity contribution in [2.45, 2.75) is 20.3 Å². The third-order valence-corrected chi connectivity index (χ3v) is 5.12. The number of aryl methyl sites for hydroxylation is 2. The minimum Gasteiger partial charge on any atom is -0.497 e. The van der Waals surface area contributed by atoms with Crippen LogP contribution in [0, 0.1) is 13.8 Å². The molecule has 2 aromatic carbocycles. The molecule has 1 heterocycles.